The van der Waals surface area contributed by atoms with Gasteiger partial charge in [0.1, 0.15) is 5.75 Å². The molecule has 0 bridgehead atoms. The third-order valence-corrected chi connectivity index (χ3v) is 3.79. The van der Waals surface area contributed by atoms with Crippen molar-refractivity contribution in [2.24, 2.45) is 0 Å². The van der Waals surface area contributed by atoms with Crippen molar-refractivity contribution in [3.63, 3.8) is 0 Å². The lowest BCUT2D eigenvalue weighted by molar-refractivity contribution is 0.289. The van der Waals surface area contributed by atoms with Crippen LogP contribution in [0.3, 0.4) is 0 Å². The zero-order valence-corrected chi connectivity index (χ0v) is 11.9. The lowest BCUT2D eigenvalue weighted by Crippen LogP contribution is -2.31. The quantitative estimate of drug-likeness (QED) is 0.768. The molecular formula is C14H11BrClNO. The average molecular weight is 325 g/mol. The number of hydrogen-bond acceptors (Lipinski definition) is 2. The van der Waals surface area contributed by atoms with Gasteiger partial charge in [-0.05, 0) is 30.3 Å². The summed E-state index contributed by atoms with van der Waals surface area (Å²) in [5, 5.41) is 0.683. The minimum Gasteiger partial charge on any atom is -0.471 e. The summed E-state index contributed by atoms with van der Waals surface area (Å²) in [5.74, 6) is 0.813. The first-order valence-corrected chi connectivity index (χ1v) is 6.82. The van der Waals surface area contributed by atoms with Crippen molar-refractivity contribution in [1.82, 2.24) is 0 Å². The van der Waals surface area contributed by atoms with Crippen LogP contribution in [-0.4, -0.2) is 6.73 Å². The number of hydrogen-bond donors (Lipinski definition) is 0. The fraction of sp³-hybridized carbons (Fsp3) is 0.143. The number of halogens is 2. The third-order valence-electron chi connectivity index (χ3n) is 2.97. The van der Waals surface area contributed by atoms with Crippen molar-refractivity contribution in [2.45, 2.75) is 6.54 Å². The second kappa shape index (κ2) is 4.82. The molecule has 0 saturated carbocycles. The van der Waals surface area contributed by atoms with Crippen LogP contribution in [0, 0.1) is 0 Å². The Morgan fingerprint density at radius 3 is 2.67 bits per heavy atom. The fourth-order valence-electron chi connectivity index (χ4n) is 2.05. The van der Waals surface area contributed by atoms with Gasteiger partial charge in [0.2, 0.25) is 0 Å². The van der Waals surface area contributed by atoms with Gasteiger partial charge in [-0.15, -0.1) is 0 Å². The Kier molecular flexibility index (Phi) is 3.18. The van der Waals surface area contributed by atoms with E-state index in [1.54, 1.807) is 0 Å². The topological polar surface area (TPSA) is 12.5 Å². The molecule has 1 heterocycles. The van der Waals surface area contributed by atoms with E-state index >= 15 is 0 Å². The lowest BCUT2D eigenvalue weighted by Gasteiger charge is -2.31. The fourth-order valence-corrected chi connectivity index (χ4v) is 2.56. The van der Waals surface area contributed by atoms with Crippen LogP contribution in [0.5, 0.6) is 5.75 Å². The summed E-state index contributed by atoms with van der Waals surface area (Å²) < 4.78 is 6.81. The van der Waals surface area contributed by atoms with E-state index in [0.717, 1.165) is 28.0 Å². The van der Waals surface area contributed by atoms with E-state index < -0.39 is 0 Å². The lowest BCUT2D eigenvalue weighted by atomic mass is 10.1. The zero-order valence-electron chi connectivity index (χ0n) is 9.57. The SMILES string of the molecule is Clc1cccc2c1OCN(c1ccc(Br)cc1)C2. The van der Waals surface area contributed by atoms with Gasteiger partial charge in [-0.3, -0.25) is 0 Å². The highest BCUT2D eigenvalue weighted by molar-refractivity contribution is 9.10. The van der Waals surface area contributed by atoms with Crippen LogP contribution in [0.4, 0.5) is 5.69 Å². The van der Waals surface area contributed by atoms with Crippen molar-refractivity contribution >= 4 is 33.2 Å². The predicted molar refractivity (Wildman–Crippen MR) is 77.3 cm³/mol. The summed E-state index contributed by atoms with van der Waals surface area (Å²) in [6.07, 6.45) is 0. The Balaban J connectivity index is 1.89. The first-order chi connectivity index (χ1) is 8.74. The van der Waals surface area contributed by atoms with Gasteiger partial charge in [-0.2, -0.15) is 0 Å². The van der Waals surface area contributed by atoms with Crippen LogP contribution in [-0.2, 0) is 6.54 Å². The molecule has 0 aliphatic carbocycles. The zero-order chi connectivity index (χ0) is 12.5. The highest BCUT2D eigenvalue weighted by atomic mass is 79.9. The molecule has 2 aromatic carbocycles. The van der Waals surface area contributed by atoms with Gasteiger partial charge in [0.05, 0.1) is 5.02 Å². The number of para-hydroxylation sites is 1. The largest absolute Gasteiger partial charge is 0.471 e. The van der Waals surface area contributed by atoms with Gasteiger partial charge in [0.15, 0.2) is 6.73 Å². The number of ether oxygens (including phenoxy) is 1. The average Bonchev–Trinajstić information content (AvgIpc) is 2.39. The van der Waals surface area contributed by atoms with Gasteiger partial charge in [-0.25, -0.2) is 0 Å². The molecule has 0 amide bonds. The molecule has 0 fully saturated rings. The van der Waals surface area contributed by atoms with Crippen LogP contribution in [0.25, 0.3) is 0 Å². The second-order valence-corrected chi connectivity index (χ2v) is 5.50. The molecule has 0 unspecified atom stereocenters. The van der Waals surface area contributed by atoms with E-state index in [1.165, 1.54) is 0 Å². The van der Waals surface area contributed by atoms with Crippen LogP contribution in [0.2, 0.25) is 5.02 Å². The van der Waals surface area contributed by atoms with Crippen LogP contribution < -0.4 is 9.64 Å². The number of nitrogens with zero attached hydrogens (tertiary/aromatic N) is 1. The van der Waals surface area contributed by atoms with E-state index in [4.69, 9.17) is 16.3 Å². The first-order valence-electron chi connectivity index (χ1n) is 5.65. The number of anilines is 1. The Morgan fingerprint density at radius 2 is 1.89 bits per heavy atom. The predicted octanol–water partition coefficient (Wildman–Crippen LogP) is 4.46. The summed E-state index contributed by atoms with van der Waals surface area (Å²) in [7, 11) is 0. The summed E-state index contributed by atoms with van der Waals surface area (Å²) in [5.41, 5.74) is 2.26. The smallest absolute Gasteiger partial charge is 0.161 e. The van der Waals surface area contributed by atoms with Crippen molar-refractivity contribution in [1.29, 1.82) is 0 Å². The molecule has 0 N–H and O–H groups in total. The van der Waals surface area contributed by atoms with Gasteiger partial charge < -0.3 is 9.64 Å². The van der Waals surface area contributed by atoms with Crippen molar-refractivity contribution in [3.8, 4) is 5.75 Å². The molecule has 0 saturated heterocycles. The molecular weight excluding hydrogens is 314 g/mol. The van der Waals surface area contributed by atoms with Gasteiger partial charge in [-0.1, -0.05) is 39.7 Å². The molecule has 0 radical (unpaired) electrons. The third kappa shape index (κ3) is 2.20. The molecule has 2 nitrogen and oxygen atoms in total. The van der Waals surface area contributed by atoms with E-state index in [9.17, 15) is 0 Å². The molecule has 3 rings (SSSR count). The monoisotopic (exact) mass is 323 g/mol. The second-order valence-electron chi connectivity index (χ2n) is 4.18. The summed E-state index contributed by atoms with van der Waals surface area (Å²) in [6.45, 7) is 1.34. The van der Waals surface area contributed by atoms with E-state index in [1.807, 2.05) is 30.3 Å². The van der Waals surface area contributed by atoms with Gasteiger partial charge in [0.25, 0.3) is 0 Å². The molecule has 2 aromatic rings. The van der Waals surface area contributed by atoms with Crippen LogP contribution >= 0.6 is 27.5 Å². The highest BCUT2D eigenvalue weighted by Crippen LogP contribution is 2.34. The number of rotatable bonds is 1. The summed E-state index contributed by atoms with van der Waals surface area (Å²) >= 11 is 9.54. The van der Waals surface area contributed by atoms with Crippen molar-refractivity contribution in [3.05, 3.63) is 57.5 Å². The highest BCUT2D eigenvalue weighted by Gasteiger charge is 2.19. The van der Waals surface area contributed by atoms with Crippen molar-refractivity contribution in [2.75, 3.05) is 11.6 Å². The number of benzene rings is 2. The van der Waals surface area contributed by atoms with Gasteiger partial charge >= 0.3 is 0 Å². The Morgan fingerprint density at radius 1 is 1.11 bits per heavy atom. The standard InChI is InChI=1S/C14H11BrClNO/c15-11-4-6-12(7-5-11)17-8-10-2-1-3-13(16)14(10)18-9-17/h1-7H,8-9H2. The molecule has 1 aliphatic heterocycles. The maximum Gasteiger partial charge on any atom is 0.161 e. The molecule has 18 heavy (non-hydrogen) atoms. The Labute approximate surface area is 119 Å². The molecule has 0 atom stereocenters. The molecule has 0 aromatic heterocycles. The number of fused-ring (bicyclic) bond motifs is 1. The maximum atomic E-state index is 6.11. The van der Waals surface area contributed by atoms with Crippen LogP contribution in [0.1, 0.15) is 5.56 Å². The van der Waals surface area contributed by atoms with Crippen molar-refractivity contribution < 1.29 is 4.74 Å². The molecule has 1 aliphatic rings. The van der Waals surface area contributed by atoms with E-state index in [-0.39, 0.29) is 0 Å². The summed E-state index contributed by atoms with van der Waals surface area (Å²) in [4.78, 5) is 2.17. The molecule has 0 spiro atoms. The Hall–Kier alpha value is -1.19. The Bertz CT molecular complexity index is 571. The molecule has 4 heteroatoms. The van der Waals surface area contributed by atoms with Crippen LogP contribution in [0.15, 0.2) is 46.9 Å². The normalized spacial score (nSPS) is 14.0. The minimum atomic E-state index is 0.526. The maximum absolute atomic E-state index is 6.11. The van der Waals surface area contributed by atoms with E-state index in [0.29, 0.717) is 11.8 Å². The van der Waals surface area contributed by atoms with Gasteiger partial charge in [0, 0.05) is 22.3 Å². The van der Waals surface area contributed by atoms with E-state index in [2.05, 4.69) is 33.0 Å². The first kappa shape index (κ1) is 11.9. The minimum absolute atomic E-state index is 0.526. The molecule has 92 valence electrons. The summed E-state index contributed by atoms with van der Waals surface area (Å²) in [6, 6.07) is 14.1.